The first-order valence-electron chi connectivity index (χ1n) is 9.06. The van der Waals surface area contributed by atoms with Crippen molar-refractivity contribution >= 4 is 12.0 Å². The van der Waals surface area contributed by atoms with Gasteiger partial charge in [-0.2, -0.15) is 0 Å². The highest BCUT2D eigenvalue weighted by molar-refractivity contribution is 5.91. The fourth-order valence-corrected chi connectivity index (χ4v) is 4.78. The third kappa shape index (κ3) is 3.20. The van der Waals surface area contributed by atoms with E-state index in [1.165, 1.54) is 38.8 Å². The van der Waals surface area contributed by atoms with Crippen LogP contribution in [0.1, 0.15) is 31.2 Å². The Labute approximate surface area is 139 Å². The van der Waals surface area contributed by atoms with Gasteiger partial charge in [0.1, 0.15) is 0 Å². The van der Waals surface area contributed by atoms with Gasteiger partial charge in [-0.25, -0.2) is 0 Å². The molecule has 0 radical (unpaired) electrons. The molecule has 23 heavy (non-hydrogen) atoms. The number of amides is 1. The van der Waals surface area contributed by atoms with Gasteiger partial charge in [-0.15, -0.1) is 0 Å². The van der Waals surface area contributed by atoms with E-state index in [4.69, 9.17) is 0 Å². The Morgan fingerprint density at radius 3 is 2.83 bits per heavy atom. The lowest BCUT2D eigenvalue weighted by Crippen LogP contribution is -2.59. The maximum absolute atomic E-state index is 12.6. The summed E-state index contributed by atoms with van der Waals surface area (Å²) in [6.07, 6.45) is 9.09. The molecule has 2 bridgehead atoms. The largest absolute Gasteiger partial charge is 0.338 e. The number of likely N-dealkylation sites (tertiary alicyclic amines) is 1. The van der Waals surface area contributed by atoms with E-state index in [0.717, 1.165) is 24.7 Å². The van der Waals surface area contributed by atoms with Crippen LogP contribution in [0.4, 0.5) is 0 Å². The molecule has 0 aliphatic carbocycles. The lowest BCUT2D eigenvalue weighted by atomic mass is 9.76. The van der Waals surface area contributed by atoms with Crippen molar-refractivity contribution in [1.29, 1.82) is 0 Å². The molecule has 1 aromatic rings. The van der Waals surface area contributed by atoms with E-state index in [9.17, 15) is 4.79 Å². The summed E-state index contributed by atoms with van der Waals surface area (Å²) in [7, 11) is 0. The molecule has 3 atom stereocenters. The normalized spacial score (nSPS) is 31.1. The van der Waals surface area contributed by atoms with Crippen molar-refractivity contribution in [2.24, 2.45) is 11.8 Å². The molecule has 3 heterocycles. The molecular formula is C20H26N2O. The molecule has 0 aromatic heterocycles. The Morgan fingerprint density at radius 1 is 1.09 bits per heavy atom. The van der Waals surface area contributed by atoms with Crippen LogP contribution in [0.25, 0.3) is 6.08 Å². The Morgan fingerprint density at radius 2 is 1.96 bits per heavy atom. The van der Waals surface area contributed by atoms with Crippen LogP contribution in [-0.2, 0) is 4.79 Å². The number of carbonyl (C=O) groups excluding carboxylic acids is 1. The molecule has 1 aromatic carbocycles. The van der Waals surface area contributed by atoms with Crippen LogP contribution >= 0.6 is 0 Å². The Balaban J connectivity index is 1.42. The van der Waals surface area contributed by atoms with Gasteiger partial charge in [-0.05, 0) is 49.3 Å². The number of hydrogen-bond acceptors (Lipinski definition) is 2. The van der Waals surface area contributed by atoms with Gasteiger partial charge < -0.3 is 4.90 Å². The summed E-state index contributed by atoms with van der Waals surface area (Å²) in [5.41, 5.74) is 1.09. The first-order chi connectivity index (χ1) is 11.3. The topological polar surface area (TPSA) is 23.6 Å². The number of piperidine rings is 3. The molecule has 0 saturated carbocycles. The number of hydrogen-bond donors (Lipinski definition) is 0. The average Bonchev–Trinajstić information content (AvgIpc) is 2.60. The third-order valence-electron chi connectivity index (χ3n) is 5.80. The molecule has 0 unspecified atom stereocenters. The SMILES string of the molecule is O=C(C=Cc1ccccc1)N1C[C@@H]2C[C@H](C1)[C@@H]1CCCCN1C2. The third-order valence-corrected chi connectivity index (χ3v) is 5.80. The van der Waals surface area contributed by atoms with Crippen molar-refractivity contribution in [2.45, 2.75) is 31.7 Å². The van der Waals surface area contributed by atoms with Crippen molar-refractivity contribution in [3.05, 3.63) is 42.0 Å². The number of benzene rings is 1. The molecule has 3 nitrogen and oxygen atoms in total. The first-order valence-corrected chi connectivity index (χ1v) is 9.06. The highest BCUT2D eigenvalue weighted by atomic mass is 16.2. The first kappa shape index (κ1) is 14.9. The minimum absolute atomic E-state index is 0.188. The maximum atomic E-state index is 12.6. The van der Waals surface area contributed by atoms with E-state index in [1.807, 2.05) is 36.4 Å². The van der Waals surface area contributed by atoms with Crippen LogP contribution in [0.2, 0.25) is 0 Å². The van der Waals surface area contributed by atoms with Gasteiger partial charge >= 0.3 is 0 Å². The zero-order chi connectivity index (χ0) is 15.6. The van der Waals surface area contributed by atoms with E-state index < -0.39 is 0 Å². The predicted molar refractivity (Wildman–Crippen MR) is 92.9 cm³/mol. The van der Waals surface area contributed by atoms with Crippen molar-refractivity contribution < 1.29 is 4.79 Å². The zero-order valence-corrected chi connectivity index (χ0v) is 13.7. The fraction of sp³-hybridized carbons (Fsp3) is 0.550. The molecule has 3 fully saturated rings. The van der Waals surface area contributed by atoms with Crippen LogP contribution in [0.3, 0.4) is 0 Å². The molecule has 0 spiro atoms. The van der Waals surface area contributed by atoms with E-state index in [2.05, 4.69) is 9.80 Å². The van der Waals surface area contributed by atoms with Crippen LogP contribution in [0, 0.1) is 11.8 Å². The number of nitrogens with zero attached hydrogens (tertiary/aromatic N) is 2. The quantitative estimate of drug-likeness (QED) is 0.784. The average molecular weight is 310 g/mol. The van der Waals surface area contributed by atoms with E-state index in [1.54, 1.807) is 6.08 Å². The number of fused-ring (bicyclic) bond motifs is 4. The summed E-state index contributed by atoms with van der Waals surface area (Å²) in [6, 6.07) is 10.8. The van der Waals surface area contributed by atoms with E-state index >= 15 is 0 Å². The van der Waals surface area contributed by atoms with Gasteiger partial charge in [0.25, 0.3) is 0 Å². The molecule has 4 rings (SSSR count). The second-order valence-corrected chi connectivity index (χ2v) is 7.41. The summed E-state index contributed by atoms with van der Waals surface area (Å²) in [5.74, 6) is 1.56. The minimum Gasteiger partial charge on any atom is -0.338 e. The lowest BCUT2D eigenvalue weighted by molar-refractivity contribution is -0.132. The highest BCUT2D eigenvalue weighted by Crippen LogP contribution is 2.37. The van der Waals surface area contributed by atoms with Crippen LogP contribution < -0.4 is 0 Å². The van der Waals surface area contributed by atoms with Crippen LogP contribution in [0.15, 0.2) is 36.4 Å². The van der Waals surface area contributed by atoms with E-state index in [-0.39, 0.29) is 5.91 Å². The number of rotatable bonds is 2. The summed E-state index contributed by atoms with van der Waals surface area (Å²) >= 11 is 0. The van der Waals surface area contributed by atoms with Gasteiger partial charge in [-0.1, -0.05) is 36.8 Å². The van der Waals surface area contributed by atoms with Gasteiger partial charge in [0.15, 0.2) is 0 Å². The van der Waals surface area contributed by atoms with Gasteiger partial charge in [0, 0.05) is 31.8 Å². The molecule has 3 heteroatoms. The second kappa shape index (κ2) is 6.48. The van der Waals surface area contributed by atoms with Crippen molar-refractivity contribution in [1.82, 2.24) is 9.80 Å². The fourth-order valence-electron chi connectivity index (χ4n) is 4.78. The maximum Gasteiger partial charge on any atom is 0.246 e. The molecule has 3 saturated heterocycles. The summed E-state index contributed by atoms with van der Waals surface area (Å²) in [4.78, 5) is 17.4. The predicted octanol–water partition coefficient (Wildman–Crippen LogP) is 3.03. The molecule has 3 aliphatic rings. The minimum atomic E-state index is 0.188. The molecular weight excluding hydrogens is 284 g/mol. The van der Waals surface area contributed by atoms with Crippen LogP contribution in [0.5, 0.6) is 0 Å². The standard InChI is InChI=1S/C20H26N2O/c23-20(10-9-16-6-2-1-3-7-16)22-14-17-12-18(15-22)19-8-4-5-11-21(19)13-17/h1-3,6-7,9-10,17-19H,4-5,8,11-15H2/t17-,18-,19+/m1/s1. The molecule has 3 aliphatic heterocycles. The monoisotopic (exact) mass is 310 g/mol. The molecule has 0 N–H and O–H groups in total. The Hall–Kier alpha value is -1.61. The van der Waals surface area contributed by atoms with E-state index in [0.29, 0.717) is 11.8 Å². The molecule has 122 valence electrons. The zero-order valence-electron chi connectivity index (χ0n) is 13.7. The molecule has 1 amide bonds. The Kier molecular flexibility index (Phi) is 4.21. The van der Waals surface area contributed by atoms with Gasteiger partial charge in [0.05, 0.1) is 0 Å². The van der Waals surface area contributed by atoms with Gasteiger partial charge in [-0.3, -0.25) is 9.69 Å². The summed E-state index contributed by atoms with van der Waals surface area (Å²) < 4.78 is 0. The van der Waals surface area contributed by atoms with Crippen molar-refractivity contribution in [3.63, 3.8) is 0 Å². The second-order valence-electron chi connectivity index (χ2n) is 7.41. The Bertz CT molecular complexity index is 583. The van der Waals surface area contributed by atoms with Gasteiger partial charge in [0.2, 0.25) is 5.91 Å². The van der Waals surface area contributed by atoms with Crippen LogP contribution in [-0.4, -0.2) is 47.9 Å². The summed E-state index contributed by atoms with van der Waals surface area (Å²) in [6.45, 7) is 4.38. The summed E-state index contributed by atoms with van der Waals surface area (Å²) in [5, 5.41) is 0. The smallest absolute Gasteiger partial charge is 0.246 e. The highest BCUT2D eigenvalue weighted by Gasteiger charge is 2.42. The van der Waals surface area contributed by atoms with Crippen molar-refractivity contribution in [3.8, 4) is 0 Å². The lowest BCUT2D eigenvalue weighted by Gasteiger charge is -2.52. The number of carbonyl (C=O) groups is 1. The van der Waals surface area contributed by atoms with Crippen molar-refractivity contribution in [2.75, 3.05) is 26.2 Å².